The summed E-state index contributed by atoms with van der Waals surface area (Å²) >= 11 is 12.3. The van der Waals surface area contributed by atoms with Gasteiger partial charge in [0.2, 0.25) is 0 Å². The highest BCUT2D eigenvalue weighted by molar-refractivity contribution is 6.37. The smallest absolute Gasteiger partial charge is 0.368 e. The van der Waals surface area contributed by atoms with Crippen LogP contribution in [0.15, 0.2) is 28.2 Å². The molecule has 3 rings (SSSR count). The van der Waals surface area contributed by atoms with Gasteiger partial charge >= 0.3 is 12.0 Å². The maximum absolute atomic E-state index is 12.1. The largest absolute Gasteiger partial charge is 0.505 e. The number of nitrogens with zero attached hydrogens (tertiary/aromatic N) is 2. The van der Waals surface area contributed by atoms with Crippen LogP contribution in [0.5, 0.6) is 11.5 Å². The lowest BCUT2D eigenvalue weighted by atomic mass is 10.1. The van der Waals surface area contributed by atoms with Crippen molar-refractivity contribution < 1.29 is 24.2 Å². The van der Waals surface area contributed by atoms with Crippen molar-refractivity contribution in [2.45, 2.75) is 6.92 Å². The summed E-state index contributed by atoms with van der Waals surface area (Å²) in [4.78, 5) is 31.1. The molecule has 0 radical (unpaired) electrons. The summed E-state index contributed by atoms with van der Waals surface area (Å²) in [5.74, 6) is -0.933. The SMILES string of the molecule is CCOC(=O)c1cc(Nc2cc(Cl)c(OC)c(Cl)c2)c2c(c1O)=NC(=O)N=2. The molecule has 0 aromatic heterocycles. The van der Waals surface area contributed by atoms with Crippen molar-refractivity contribution in [3.8, 4) is 11.5 Å². The van der Waals surface area contributed by atoms with Crippen molar-refractivity contribution >= 4 is 46.6 Å². The maximum atomic E-state index is 12.1. The van der Waals surface area contributed by atoms with E-state index in [1.54, 1.807) is 19.1 Å². The fraction of sp³-hybridized carbons (Fsp3) is 0.176. The number of urea groups is 1. The minimum Gasteiger partial charge on any atom is -0.505 e. The summed E-state index contributed by atoms with van der Waals surface area (Å²) in [5.41, 5.74) is 0.540. The van der Waals surface area contributed by atoms with Gasteiger partial charge in [0.05, 0.1) is 29.4 Å². The molecule has 1 aliphatic heterocycles. The highest BCUT2D eigenvalue weighted by Gasteiger charge is 2.22. The van der Waals surface area contributed by atoms with Gasteiger partial charge in [0.1, 0.15) is 16.3 Å². The first kappa shape index (κ1) is 18.9. The van der Waals surface area contributed by atoms with E-state index in [0.29, 0.717) is 11.4 Å². The summed E-state index contributed by atoms with van der Waals surface area (Å²) in [6.07, 6.45) is 0. The molecule has 27 heavy (non-hydrogen) atoms. The van der Waals surface area contributed by atoms with Gasteiger partial charge in [-0.1, -0.05) is 23.2 Å². The second kappa shape index (κ2) is 7.42. The van der Waals surface area contributed by atoms with Gasteiger partial charge in [-0.25, -0.2) is 9.59 Å². The predicted octanol–water partition coefficient (Wildman–Crippen LogP) is 3.00. The van der Waals surface area contributed by atoms with Crippen LogP contribution in [0.25, 0.3) is 0 Å². The Kier molecular flexibility index (Phi) is 5.20. The number of hydrogen-bond acceptors (Lipinski definition) is 6. The molecule has 8 nitrogen and oxygen atoms in total. The molecule has 0 atom stereocenters. The number of phenols is 1. The molecule has 0 fully saturated rings. The van der Waals surface area contributed by atoms with Gasteiger partial charge < -0.3 is 19.9 Å². The van der Waals surface area contributed by atoms with Crippen molar-refractivity contribution in [2.24, 2.45) is 9.98 Å². The van der Waals surface area contributed by atoms with Crippen molar-refractivity contribution in [1.82, 2.24) is 0 Å². The molecule has 1 heterocycles. The van der Waals surface area contributed by atoms with Crippen LogP contribution in [0.1, 0.15) is 17.3 Å². The van der Waals surface area contributed by atoms with E-state index in [2.05, 4.69) is 15.3 Å². The molecule has 0 saturated carbocycles. The molecular weight excluding hydrogens is 397 g/mol. The molecule has 10 heteroatoms. The van der Waals surface area contributed by atoms with E-state index >= 15 is 0 Å². The quantitative estimate of drug-likeness (QED) is 0.580. The number of halogens is 2. The van der Waals surface area contributed by atoms with Crippen LogP contribution in [0.4, 0.5) is 16.2 Å². The number of ether oxygens (including phenoxy) is 2. The second-order valence-electron chi connectivity index (χ2n) is 5.34. The van der Waals surface area contributed by atoms with Crippen LogP contribution in [0.3, 0.4) is 0 Å². The zero-order valence-electron chi connectivity index (χ0n) is 14.2. The number of methoxy groups -OCH3 is 1. The number of benzene rings is 2. The minimum absolute atomic E-state index is 0.0913. The Morgan fingerprint density at radius 3 is 2.41 bits per heavy atom. The maximum Gasteiger partial charge on any atom is 0.368 e. The third-order valence-corrected chi connectivity index (χ3v) is 4.20. The molecule has 0 aliphatic carbocycles. The monoisotopic (exact) mass is 409 g/mol. The Morgan fingerprint density at radius 1 is 1.19 bits per heavy atom. The zero-order chi connectivity index (χ0) is 19.7. The predicted molar refractivity (Wildman–Crippen MR) is 98.1 cm³/mol. The molecule has 0 spiro atoms. The number of carbonyl (C=O) groups is 2. The molecule has 140 valence electrons. The topological polar surface area (TPSA) is 110 Å². The summed E-state index contributed by atoms with van der Waals surface area (Å²) in [6.45, 7) is 1.74. The highest BCUT2D eigenvalue weighted by Crippen LogP contribution is 2.36. The number of fused-ring (bicyclic) bond motifs is 1. The Balaban J connectivity index is 2.15. The fourth-order valence-electron chi connectivity index (χ4n) is 2.53. The normalized spacial score (nSPS) is 12.1. The van der Waals surface area contributed by atoms with E-state index in [9.17, 15) is 14.7 Å². The molecular formula is C17H13Cl2N3O5. The summed E-state index contributed by atoms with van der Waals surface area (Å²) in [7, 11) is 1.44. The number of nitrogens with one attached hydrogen (secondary N) is 1. The van der Waals surface area contributed by atoms with Gasteiger partial charge in [0.25, 0.3) is 0 Å². The average molecular weight is 410 g/mol. The number of rotatable bonds is 5. The molecule has 1 aliphatic rings. The molecule has 2 N–H and O–H groups in total. The lowest BCUT2D eigenvalue weighted by Crippen LogP contribution is -2.27. The number of anilines is 2. The number of hydrogen-bond donors (Lipinski definition) is 2. The van der Waals surface area contributed by atoms with Gasteiger partial charge in [-0.3, -0.25) is 0 Å². The van der Waals surface area contributed by atoms with E-state index in [1.165, 1.54) is 13.2 Å². The summed E-state index contributed by atoms with van der Waals surface area (Å²) < 4.78 is 10.0. The van der Waals surface area contributed by atoms with Gasteiger partial charge in [-0.05, 0) is 25.1 Å². The standard InChI is InChI=1S/C17H13Cl2N3O5/c1-3-27-16(24)8-6-11(12-13(14(8)23)22-17(25)21-12)20-7-4-9(18)15(26-2)10(19)5-7/h4-6,20,23H,3H2,1-2H3. The molecule has 0 bridgehead atoms. The van der Waals surface area contributed by atoms with E-state index < -0.39 is 17.7 Å². The number of esters is 1. The Morgan fingerprint density at radius 2 is 1.81 bits per heavy atom. The first-order chi connectivity index (χ1) is 12.8. The fourth-order valence-corrected chi connectivity index (χ4v) is 3.17. The first-order valence-electron chi connectivity index (χ1n) is 7.70. The summed E-state index contributed by atoms with van der Waals surface area (Å²) in [6, 6.07) is 3.61. The van der Waals surface area contributed by atoms with Gasteiger partial charge in [0, 0.05) is 5.69 Å². The van der Waals surface area contributed by atoms with Gasteiger partial charge in [-0.15, -0.1) is 0 Å². The lowest BCUT2D eigenvalue weighted by molar-refractivity contribution is 0.0523. The van der Waals surface area contributed by atoms with Crippen LogP contribution >= 0.6 is 23.2 Å². The van der Waals surface area contributed by atoms with Gasteiger partial charge in [0.15, 0.2) is 11.5 Å². The Bertz CT molecular complexity index is 1060. The third kappa shape index (κ3) is 3.54. The number of amides is 2. The van der Waals surface area contributed by atoms with Crippen LogP contribution in [-0.4, -0.2) is 30.8 Å². The Labute approximate surface area is 163 Å². The average Bonchev–Trinajstić information content (AvgIpc) is 3.00. The molecule has 2 amide bonds. The van der Waals surface area contributed by atoms with Crippen molar-refractivity contribution in [3.05, 3.63) is 44.5 Å². The lowest BCUT2D eigenvalue weighted by Gasteiger charge is -2.12. The second-order valence-corrected chi connectivity index (χ2v) is 6.16. The Hall–Kier alpha value is -2.84. The van der Waals surface area contributed by atoms with Crippen molar-refractivity contribution in [2.75, 3.05) is 19.0 Å². The van der Waals surface area contributed by atoms with Crippen LogP contribution < -0.4 is 20.8 Å². The molecule has 0 saturated heterocycles. The minimum atomic E-state index is -0.796. The molecule has 2 aromatic rings. The van der Waals surface area contributed by atoms with Crippen molar-refractivity contribution in [1.29, 1.82) is 0 Å². The van der Waals surface area contributed by atoms with Crippen LogP contribution in [0, 0.1) is 0 Å². The number of aromatic hydroxyl groups is 1. The first-order valence-corrected chi connectivity index (χ1v) is 8.45. The number of phenolic OH excluding ortho intramolecular Hbond substituents is 1. The van der Waals surface area contributed by atoms with Crippen LogP contribution in [0.2, 0.25) is 10.0 Å². The summed E-state index contributed by atoms with van der Waals surface area (Å²) in [5, 5.41) is 13.7. The zero-order valence-corrected chi connectivity index (χ0v) is 15.7. The van der Waals surface area contributed by atoms with Crippen molar-refractivity contribution in [3.63, 3.8) is 0 Å². The van der Waals surface area contributed by atoms with Gasteiger partial charge in [-0.2, -0.15) is 9.98 Å². The van der Waals surface area contributed by atoms with E-state index in [4.69, 9.17) is 32.7 Å². The number of carbonyl (C=O) groups excluding carboxylic acids is 2. The van der Waals surface area contributed by atoms with E-state index in [-0.39, 0.29) is 38.6 Å². The third-order valence-electron chi connectivity index (χ3n) is 3.64. The highest BCUT2D eigenvalue weighted by atomic mass is 35.5. The van der Waals surface area contributed by atoms with E-state index in [1.807, 2.05) is 0 Å². The van der Waals surface area contributed by atoms with Crippen LogP contribution in [-0.2, 0) is 4.74 Å². The molecule has 2 aromatic carbocycles. The van der Waals surface area contributed by atoms with E-state index in [0.717, 1.165) is 0 Å². The molecule has 0 unspecified atom stereocenters.